The van der Waals surface area contributed by atoms with Crippen LogP contribution in [0.4, 0.5) is 4.79 Å². The van der Waals surface area contributed by atoms with Crippen LogP contribution in [0, 0.1) is 0 Å². The molecule has 96 valence electrons. The summed E-state index contributed by atoms with van der Waals surface area (Å²) in [5, 5.41) is 0. The van der Waals surface area contributed by atoms with Gasteiger partial charge >= 0.3 is 6.09 Å². The van der Waals surface area contributed by atoms with Crippen LogP contribution in [0.15, 0.2) is 30.3 Å². The Balaban J connectivity index is 2.16. The van der Waals surface area contributed by atoms with Crippen molar-refractivity contribution in [3.63, 3.8) is 0 Å². The van der Waals surface area contributed by atoms with Gasteiger partial charge in [-0.05, 0) is 43.5 Å². The number of hydrogen-bond donors (Lipinski definition) is 1. The van der Waals surface area contributed by atoms with E-state index >= 15 is 0 Å². The topological polar surface area (TPSA) is 61.5 Å². The first-order valence-corrected chi connectivity index (χ1v) is 5.98. The molecule has 1 aliphatic rings. The van der Waals surface area contributed by atoms with E-state index in [-0.39, 0.29) is 12.2 Å². The Kier molecular flexibility index (Phi) is 3.67. The maximum absolute atomic E-state index is 10.6. The van der Waals surface area contributed by atoms with E-state index < -0.39 is 6.09 Å². The van der Waals surface area contributed by atoms with E-state index in [1.54, 1.807) is 12.1 Å². The minimum absolute atomic E-state index is 0.130. The molecule has 0 aromatic heterocycles. The van der Waals surface area contributed by atoms with Gasteiger partial charge in [0.05, 0.1) is 12.2 Å². The molecule has 2 rings (SSSR count). The Morgan fingerprint density at radius 1 is 1.33 bits per heavy atom. The van der Waals surface area contributed by atoms with E-state index in [2.05, 4.69) is 13.0 Å². The van der Waals surface area contributed by atoms with E-state index in [1.165, 1.54) is 5.57 Å². The van der Waals surface area contributed by atoms with Crippen LogP contribution in [-0.2, 0) is 4.74 Å². The number of carbonyl (C=O) groups excluding carboxylic acids is 1. The SMILES string of the molecule is CC1C=C(c2ccc(OC(N)=O)cc2)CC(C)O1. The molecule has 2 atom stereocenters. The molecule has 0 spiro atoms. The highest BCUT2D eigenvalue weighted by Crippen LogP contribution is 2.28. The van der Waals surface area contributed by atoms with Gasteiger partial charge < -0.3 is 15.2 Å². The molecular weight excluding hydrogens is 230 g/mol. The molecule has 2 N–H and O–H groups in total. The Labute approximate surface area is 106 Å². The lowest BCUT2D eigenvalue weighted by Gasteiger charge is -2.25. The third-order valence-electron chi connectivity index (χ3n) is 2.83. The summed E-state index contributed by atoms with van der Waals surface area (Å²) in [7, 11) is 0. The summed E-state index contributed by atoms with van der Waals surface area (Å²) >= 11 is 0. The number of rotatable bonds is 2. The number of hydrogen-bond acceptors (Lipinski definition) is 3. The molecule has 0 aliphatic carbocycles. The Hall–Kier alpha value is -1.81. The summed E-state index contributed by atoms with van der Waals surface area (Å²) in [6.45, 7) is 4.09. The minimum Gasteiger partial charge on any atom is -0.411 e. The number of ether oxygens (including phenoxy) is 2. The maximum atomic E-state index is 10.6. The fourth-order valence-electron chi connectivity index (χ4n) is 2.18. The molecule has 2 unspecified atom stereocenters. The lowest BCUT2D eigenvalue weighted by Crippen LogP contribution is -2.21. The summed E-state index contributed by atoms with van der Waals surface area (Å²) in [5.41, 5.74) is 7.33. The third-order valence-corrected chi connectivity index (χ3v) is 2.83. The van der Waals surface area contributed by atoms with Crippen LogP contribution < -0.4 is 10.5 Å². The van der Waals surface area contributed by atoms with Gasteiger partial charge in [-0.1, -0.05) is 18.2 Å². The lowest BCUT2D eigenvalue weighted by atomic mass is 9.96. The summed E-state index contributed by atoms with van der Waals surface area (Å²) in [5.74, 6) is 0.458. The van der Waals surface area contributed by atoms with Gasteiger partial charge in [0.15, 0.2) is 0 Å². The molecule has 0 fully saturated rings. The molecule has 0 radical (unpaired) electrons. The molecule has 1 aromatic carbocycles. The average Bonchev–Trinajstić information content (AvgIpc) is 2.27. The quantitative estimate of drug-likeness (QED) is 0.874. The molecule has 0 saturated heterocycles. The molecule has 0 saturated carbocycles. The van der Waals surface area contributed by atoms with Crippen molar-refractivity contribution >= 4 is 11.7 Å². The fraction of sp³-hybridized carbons (Fsp3) is 0.357. The van der Waals surface area contributed by atoms with E-state index in [4.69, 9.17) is 15.2 Å². The van der Waals surface area contributed by atoms with Gasteiger partial charge in [-0.15, -0.1) is 0 Å². The van der Waals surface area contributed by atoms with Crippen LogP contribution in [0.3, 0.4) is 0 Å². The van der Waals surface area contributed by atoms with Gasteiger partial charge in [0, 0.05) is 0 Å². The van der Waals surface area contributed by atoms with Gasteiger partial charge in [-0.2, -0.15) is 0 Å². The van der Waals surface area contributed by atoms with Crippen molar-refractivity contribution in [1.29, 1.82) is 0 Å². The van der Waals surface area contributed by atoms with Crippen molar-refractivity contribution in [2.75, 3.05) is 0 Å². The zero-order chi connectivity index (χ0) is 13.1. The highest BCUT2D eigenvalue weighted by atomic mass is 16.5. The predicted molar refractivity (Wildman–Crippen MR) is 69.3 cm³/mol. The second-order valence-electron chi connectivity index (χ2n) is 4.49. The van der Waals surface area contributed by atoms with Crippen molar-refractivity contribution in [2.45, 2.75) is 32.5 Å². The zero-order valence-corrected chi connectivity index (χ0v) is 10.6. The zero-order valence-electron chi connectivity index (χ0n) is 10.6. The van der Waals surface area contributed by atoms with Crippen molar-refractivity contribution < 1.29 is 14.3 Å². The molecule has 1 aromatic rings. The normalized spacial score (nSPS) is 23.3. The molecule has 18 heavy (non-hydrogen) atoms. The van der Waals surface area contributed by atoms with Crippen LogP contribution in [0.25, 0.3) is 5.57 Å². The van der Waals surface area contributed by atoms with E-state index in [0.717, 1.165) is 12.0 Å². The standard InChI is InChI=1S/C14H17NO3/c1-9-7-12(8-10(2)17-9)11-3-5-13(6-4-11)18-14(15)16/h3-7,9-10H,8H2,1-2H3,(H2,15,16). The van der Waals surface area contributed by atoms with Crippen LogP contribution >= 0.6 is 0 Å². The number of amides is 1. The summed E-state index contributed by atoms with van der Waals surface area (Å²) in [6, 6.07) is 7.33. The Morgan fingerprint density at radius 2 is 2.00 bits per heavy atom. The fourth-order valence-corrected chi connectivity index (χ4v) is 2.18. The molecule has 4 nitrogen and oxygen atoms in total. The molecule has 1 amide bonds. The van der Waals surface area contributed by atoms with E-state index in [9.17, 15) is 4.79 Å². The average molecular weight is 247 g/mol. The van der Waals surface area contributed by atoms with E-state index in [1.807, 2.05) is 19.1 Å². The van der Waals surface area contributed by atoms with Gasteiger partial charge in [-0.3, -0.25) is 0 Å². The first-order chi connectivity index (χ1) is 8.54. The maximum Gasteiger partial charge on any atom is 0.409 e. The Bertz CT molecular complexity index is 464. The van der Waals surface area contributed by atoms with Gasteiger partial charge in [0.25, 0.3) is 0 Å². The monoisotopic (exact) mass is 247 g/mol. The summed E-state index contributed by atoms with van der Waals surface area (Å²) < 4.78 is 10.4. The number of nitrogens with two attached hydrogens (primary N) is 1. The van der Waals surface area contributed by atoms with Gasteiger partial charge in [-0.25, -0.2) is 4.79 Å². The van der Waals surface area contributed by atoms with Crippen LogP contribution in [0.5, 0.6) is 5.75 Å². The van der Waals surface area contributed by atoms with Crippen molar-refractivity contribution in [1.82, 2.24) is 0 Å². The molecule has 0 bridgehead atoms. The summed E-state index contributed by atoms with van der Waals surface area (Å²) in [6.07, 6.45) is 2.56. The van der Waals surface area contributed by atoms with Crippen LogP contribution in [-0.4, -0.2) is 18.3 Å². The molecule has 1 heterocycles. The lowest BCUT2D eigenvalue weighted by molar-refractivity contribution is 0.0304. The van der Waals surface area contributed by atoms with E-state index in [0.29, 0.717) is 5.75 Å². The largest absolute Gasteiger partial charge is 0.411 e. The third kappa shape index (κ3) is 3.11. The van der Waals surface area contributed by atoms with Crippen molar-refractivity contribution in [3.05, 3.63) is 35.9 Å². The molecule has 4 heteroatoms. The minimum atomic E-state index is -0.796. The Morgan fingerprint density at radius 3 is 2.56 bits per heavy atom. The van der Waals surface area contributed by atoms with Crippen molar-refractivity contribution in [3.8, 4) is 5.75 Å². The number of benzene rings is 1. The van der Waals surface area contributed by atoms with Crippen molar-refractivity contribution in [2.24, 2.45) is 5.73 Å². The van der Waals surface area contributed by atoms with Crippen LogP contribution in [0.2, 0.25) is 0 Å². The second kappa shape index (κ2) is 5.23. The number of primary amides is 1. The predicted octanol–water partition coefficient (Wildman–Crippen LogP) is 2.72. The highest BCUT2D eigenvalue weighted by molar-refractivity contribution is 5.70. The first kappa shape index (κ1) is 12.6. The second-order valence-corrected chi connectivity index (χ2v) is 4.49. The van der Waals surface area contributed by atoms with Gasteiger partial charge in [0.1, 0.15) is 5.75 Å². The summed E-state index contributed by atoms with van der Waals surface area (Å²) in [4.78, 5) is 10.6. The smallest absolute Gasteiger partial charge is 0.409 e. The molecule has 1 aliphatic heterocycles. The highest BCUT2D eigenvalue weighted by Gasteiger charge is 2.17. The van der Waals surface area contributed by atoms with Crippen LogP contribution in [0.1, 0.15) is 25.8 Å². The first-order valence-electron chi connectivity index (χ1n) is 5.98. The van der Waals surface area contributed by atoms with Gasteiger partial charge in [0.2, 0.25) is 0 Å². The number of carbonyl (C=O) groups is 1. The molecular formula is C14H17NO3.